The highest BCUT2D eigenvalue weighted by atomic mass is 35.5. The van der Waals surface area contributed by atoms with Crippen LogP contribution in [-0.2, 0) is 10.8 Å². The maximum atomic E-state index is 13.0. The van der Waals surface area contributed by atoms with Crippen molar-refractivity contribution in [2.75, 3.05) is 39.5 Å². The van der Waals surface area contributed by atoms with Crippen molar-refractivity contribution < 1.29 is 9.00 Å². The van der Waals surface area contributed by atoms with E-state index in [9.17, 15) is 9.00 Å². The van der Waals surface area contributed by atoms with Crippen molar-refractivity contribution in [1.82, 2.24) is 9.80 Å². The van der Waals surface area contributed by atoms with Crippen LogP contribution in [0.25, 0.3) is 0 Å². The summed E-state index contributed by atoms with van der Waals surface area (Å²) in [5, 5.41) is 1.08. The maximum Gasteiger partial charge on any atom is 0.253 e. The summed E-state index contributed by atoms with van der Waals surface area (Å²) >= 11 is 12.6. The maximum absolute atomic E-state index is 13.0. The van der Waals surface area contributed by atoms with E-state index >= 15 is 0 Å². The Morgan fingerprint density at radius 3 is 2.30 bits per heavy atom. The Kier molecular flexibility index (Phi) is 9.83. The molecule has 1 aliphatic heterocycles. The predicted octanol–water partition coefficient (Wildman–Crippen LogP) is 6.86. The summed E-state index contributed by atoms with van der Waals surface area (Å²) < 4.78 is 11.7. The summed E-state index contributed by atoms with van der Waals surface area (Å²) in [5.74, 6) is 0.702. The van der Waals surface area contributed by atoms with Crippen LogP contribution in [-0.4, -0.2) is 59.4 Å². The van der Waals surface area contributed by atoms with Crippen molar-refractivity contribution in [3.8, 4) is 0 Å². The molecule has 1 unspecified atom stereocenters. The summed E-state index contributed by atoms with van der Waals surface area (Å²) in [6.45, 7) is 3.64. The first-order valence-corrected chi connectivity index (χ1v) is 15.0. The Balaban J connectivity index is 1.38. The van der Waals surface area contributed by atoms with E-state index in [1.165, 1.54) is 5.56 Å². The first-order chi connectivity index (χ1) is 17.8. The lowest BCUT2D eigenvalue weighted by molar-refractivity contribution is 0.0781. The molecule has 3 aromatic rings. The molecule has 3 aromatic carbocycles. The first-order valence-electron chi connectivity index (χ1n) is 12.7. The van der Waals surface area contributed by atoms with Crippen molar-refractivity contribution in [2.24, 2.45) is 0 Å². The van der Waals surface area contributed by atoms with Crippen LogP contribution in [0.2, 0.25) is 10.0 Å². The molecular weight excluding hydrogens is 523 g/mol. The molecule has 0 aromatic heterocycles. The van der Waals surface area contributed by atoms with Crippen LogP contribution >= 0.6 is 23.2 Å². The molecular formula is C30H34Cl2N2O2S. The molecule has 1 amide bonds. The third kappa shape index (κ3) is 7.44. The van der Waals surface area contributed by atoms with Gasteiger partial charge in [0.1, 0.15) is 0 Å². The normalized spacial score (nSPS) is 16.3. The van der Waals surface area contributed by atoms with Crippen LogP contribution in [0.15, 0.2) is 77.7 Å². The minimum absolute atomic E-state index is 0.0180. The fourth-order valence-electron chi connectivity index (χ4n) is 5.10. The van der Waals surface area contributed by atoms with E-state index in [0.29, 0.717) is 28.1 Å². The number of halogens is 2. The summed E-state index contributed by atoms with van der Waals surface area (Å²) in [6, 6.07) is 23.5. The minimum atomic E-state index is -0.941. The molecule has 1 fully saturated rings. The van der Waals surface area contributed by atoms with Crippen LogP contribution < -0.4 is 0 Å². The van der Waals surface area contributed by atoms with Gasteiger partial charge in [0.25, 0.3) is 5.91 Å². The lowest BCUT2D eigenvalue weighted by Gasteiger charge is -2.34. The number of carbonyl (C=O) groups excluding carboxylic acids is 1. The van der Waals surface area contributed by atoms with Crippen LogP contribution in [0.1, 0.15) is 52.6 Å². The van der Waals surface area contributed by atoms with E-state index in [4.69, 9.17) is 23.2 Å². The van der Waals surface area contributed by atoms with Crippen molar-refractivity contribution in [3.63, 3.8) is 0 Å². The monoisotopic (exact) mass is 556 g/mol. The van der Waals surface area contributed by atoms with Gasteiger partial charge >= 0.3 is 0 Å². The number of amides is 1. The fraction of sp³-hybridized carbons (Fsp3) is 0.367. The molecule has 196 valence electrons. The van der Waals surface area contributed by atoms with Crippen LogP contribution in [0.5, 0.6) is 0 Å². The number of hydrogen-bond donors (Lipinski definition) is 0. The van der Waals surface area contributed by atoms with Crippen molar-refractivity contribution in [3.05, 3.63) is 99.5 Å². The molecule has 4 rings (SSSR count). The number of rotatable bonds is 9. The number of hydrogen-bond acceptors (Lipinski definition) is 3. The average molecular weight is 558 g/mol. The Morgan fingerprint density at radius 1 is 1.00 bits per heavy atom. The number of likely N-dealkylation sites (N-methyl/N-ethyl adjacent to an activating group) is 1. The van der Waals surface area contributed by atoms with Gasteiger partial charge in [0.15, 0.2) is 0 Å². The third-order valence-electron chi connectivity index (χ3n) is 7.34. The van der Waals surface area contributed by atoms with E-state index in [-0.39, 0.29) is 11.8 Å². The van der Waals surface area contributed by atoms with Gasteiger partial charge < -0.3 is 9.80 Å². The van der Waals surface area contributed by atoms with E-state index in [0.717, 1.165) is 49.4 Å². The van der Waals surface area contributed by atoms with E-state index in [1.807, 2.05) is 72.6 Å². The standard InChI is InChI=1S/C30H34Cl2N2O2S/c1-33(30(35)24-6-4-3-5-7-24)21-26(25-10-13-28(31)29(32)20-25)16-19-34-17-14-23(15-18-34)22-8-11-27(12-9-22)37(2)36/h3-13,20,23,26H,14-19,21H2,1-2H3/t26?,37-/m0/s1. The number of nitrogens with zero attached hydrogens (tertiary/aromatic N) is 2. The molecule has 0 bridgehead atoms. The molecule has 0 N–H and O–H groups in total. The molecule has 7 heteroatoms. The van der Waals surface area contributed by atoms with Crippen LogP contribution in [0.4, 0.5) is 0 Å². The van der Waals surface area contributed by atoms with Gasteiger partial charge in [-0.2, -0.15) is 0 Å². The first kappa shape index (κ1) is 27.8. The van der Waals surface area contributed by atoms with Gasteiger partial charge in [-0.15, -0.1) is 0 Å². The lowest BCUT2D eigenvalue weighted by atomic mass is 9.89. The summed E-state index contributed by atoms with van der Waals surface area (Å²) in [7, 11) is 0.925. The highest BCUT2D eigenvalue weighted by Crippen LogP contribution is 2.31. The van der Waals surface area contributed by atoms with E-state index in [2.05, 4.69) is 17.0 Å². The second-order valence-electron chi connectivity index (χ2n) is 9.85. The second kappa shape index (κ2) is 13.1. The molecule has 0 aliphatic carbocycles. The molecule has 1 saturated heterocycles. The Bertz CT molecular complexity index is 1210. The fourth-order valence-corrected chi connectivity index (χ4v) is 5.93. The molecule has 1 heterocycles. The van der Waals surface area contributed by atoms with Gasteiger partial charge in [-0.3, -0.25) is 9.00 Å². The van der Waals surface area contributed by atoms with Crippen LogP contribution in [0, 0.1) is 0 Å². The van der Waals surface area contributed by atoms with Crippen molar-refractivity contribution in [1.29, 1.82) is 0 Å². The van der Waals surface area contributed by atoms with Crippen LogP contribution in [0.3, 0.4) is 0 Å². The Hall–Kier alpha value is -2.18. The topological polar surface area (TPSA) is 40.6 Å². The highest BCUT2D eigenvalue weighted by molar-refractivity contribution is 7.84. The van der Waals surface area contributed by atoms with E-state index in [1.54, 1.807) is 6.26 Å². The Labute approximate surface area is 233 Å². The second-order valence-corrected chi connectivity index (χ2v) is 12.0. The van der Waals surface area contributed by atoms with Gasteiger partial charge in [0.2, 0.25) is 0 Å². The molecule has 2 atom stereocenters. The van der Waals surface area contributed by atoms with Gasteiger partial charge in [-0.05, 0) is 92.3 Å². The number of carbonyl (C=O) groups is 1. The smallest absolute Gasteiger partial charge is 0.253 e. The zero-order valence-electron chi connectivity index (χ0n) is 21.4. The predicted molar refractivity (Wildman–Crippen MR) is 154 cm³/mol. The highest BCUT2D eigenvalue weighted by Gasteiger charge is 2.24. The minimum Gasteiger partial charge on any atom is -0.341 e. The van der Waals surface area contributed by atoms with Gasteiger partial charge in [-0.25, -0.2) is 0 Å². The quantitative estimate of drug-likeness (QED) is 0.289. The molecule has 37 heavy (non-hydrogen) atoms. The van der Waals surface area contributed by atoms with Gasteiger partial charge in [0, 0.05) is 47.0 Å². The average Bonchev–Trinajstić information content (AvgIpc) is 2.93. The van der Waals surface area contributed by atoms with Gasteiger partial charge in [0.05, 0.1) is 10.0 Å². The lowest BCUT2D eigenvalue weighted by Crippen LogP contribution is -2.36. The van der Waals surface area contributed by atoms with Gasteiger partial charge in [-0.1, -0.05) is 59.6 Å². The Morgan fingerprint density at radius 2 is 1.68 bits per heavy atom. The zero-order chi connectivity index (χ0) is 26.4. The van der Waals surface area contributed by atoms with E-state index < -0.39 is 10.8 Å². The number of likely N-dealkylation sites (tertiary alicyclic amines) is 1. The van der Waals surface area contributed by atoms with Crippen molar-refractivity contribution >= 4 is 39.9 Å². The summed E-state index contributed by atoms with van der Waals surface area (Å²) in [6.07, 6.45) is 4.86. The molecule has 0 saturated carbocycles. The molecule has 1 aliphatic rings. The van der Waals surface area contributed by atoms with Crippen molar-refractivity contribution in [2.45, 2.75) is 36.0 Å². The SMILES string of the molecule is CN(CC(CCN1CCC(c2ccc([S@](C)=O)cc2)CC1)c1ccc(Cl)c(Cl)c1)C(=O)c1ccccc1. The zero-order valence-corrected chi connectivity index (χ0v) is 23.7. The largest absolute Gasteiger partial charge is 0.341 e. The number of piperidine rings is 1. The summed E-state index contributed by atoms with van der Waals surface area (Å²) in [4.78, 5) is 18.2. The molecule has 0 radical (unpaired) electrons. The third-order valence-corrected chi connectivity index (χ3v) is 9.02. The molecule has 0 spiro atoms. The number of benzene rings is 3. The molecule has 4 nitrogen and oxygen atoms in total. The summed E-state index contributed by atoms with van der Waals surface area (Å²) in [5.41, 5.74) is 3.13.